The first kappa shape index (κ1) is 15.2. The predicted molar refractivity (Wildman–Crippen MR) is 78.2 cm³/mol. The molecule has 1 rings (SSSR count). The first-order valence-electron chi connectivity index (χ1n) is 6.14. The zero-order valence-electron chi connectivity index (χ0n) is 11.2. The van der Waals surface area contributed by atoms with E-state index in [1.165, 1.54) is 11.1 Å². The quantitative estimate of drug-likeness (QED) is 0.908. The van der Waals surface area contributed by atoms with Gasteiger partial charge in [-0.25, -0.2) is 0 Å². The standard InChI is InChI=1S/C14H21BrN2O/c1-10-4-6-13(15)8-12(10)9-17(3)14(18)7-5-11(2)16/h4,6,8,11H,5,7,9,16H2,1-3H3. The Hall–Kier alpha value is -0.870. The molecule has 0 spiro atoms. The lowest BCUT2D eigenvalue weighted by Crippen LogP contribution is -2.28. The van der Waals surface area contributed by atoms with Crippen LogP contribution >= 0.6 is 15.9 Å². The fraction of sp³-hybridized carbons (Fsp3) is 0.500. The van der Waals surface area contributed by atoms with Crippen LogP contribution in [-0.4, -0.2) is 23.9 Å². The number of nitrogens with two attached hydrogens (primary N) is 1. The van der Waals surface area contributed by atoms with E-state index >= 15 is 0 Å². The molecule has 0 aromatic heterocycles. The molecular weight excluding hydrogens is 292 g/mol. The zero-order chi connectivity index (χ0) is 13.7. The second kappa shape index (κ2) is 6.90. The lowest BCUT2D eigenvalue weighted by Gasteiger charge is -2.19. The molecule has 0 radical (unpaired) electrons. The van der Waals surface area contributed by atoms with Gasteiger partial charge in [0.15, 0.2) is 0 Å². The summed E-state index contributed by atoms with van der Waals surface area (Å²) < 4.78 is 1.04. The normalized spacial score (nSPS) is 12.3. The third-order valence-electron chi connectivity index (χ3n) is 2.96. The van der Waals surface area contributed by atoms with E-state index in [-0.39, 0.29) is 11.9 Å². The molecule has 4 heteroatoms. The Morgan fingerprint density at radius 3 is 2.78 bits per heavy atom. The van der Waals surface area contributed by atoms with Gasteiger partial charge in [-0.2, -0.15) is 0 Å². The molecule has 1 unspecified atom stereocenters. The van der Waals surface area contributed by atoms with Crippen molar-refractivity contribution in [3.05, 3.63) is 33.8 Å². The summed E-state index contributed by atoms with van der Waals surface area (Å²) in [4.78, 5) is 13.7. The van der Waals surface area contributed by atoms with Gasteiger partial charge >= 0.3 is 0 Å². The maximum atomic E-state index is 11.9. The number of benzene rings is 1. The van der Waals surface area contributed by atoms with Crippen molar-refractivity contribution in [3.63, 3.8) is 0 Å². The Balaban J connectivity index is 2.60. The van der Waals surface area contributed by atoms with Gasteiger partial charge in [0.05, 0.1) is 0 Å². The summed E-state index contributed by atoms with van der Waals surface area (Å²) in [5, 5.41) is 0. The highest BCUT2D eigenvalue weighted by molar-refractivity contribution is 9.10. The van der Waals surface area contributed by atoms with Crippen LogP contribution in [0.1, 0.15) is 30.9 Å². The van der Waals surface area contributed by atoms with Crippen molar-refractivity contribution >= 4 is 21.8 Å². The molecule has 100 valence electrons. The number of nitrogens with zero attached hydrogens (tertiary/aromatic N) is 1. The molecule has 1 atom stereocenters. The second-order valence-corrected chi connectivity index (χ2v) is 5.75. The number of aryl methyl sites for hydroxylation is 1. The van der Waals surface area contributed by atoms with Crippen LogP contribution in [0.25, 0.3) is 0 Å². The molecule has 0 heterocycles. The van der Waals surface area contributed by atoms with E-state index in [4.69, 9.17) is 5.73 Å². The van der Waals surface area contributed by atoms with E-state index in [0.717, 1.165) is 10.9 Å². The molecule has 1 amide bonds. The average molecular weight is 313 g/mol. The molecule has 0 fully saturated rings. The number of rotatable bonds is 5. The van der Waals surface area contributed by atoms with Crippen LogP contribution in [0.15, 0.2) is 22.7 Å². The third kappa shape index (κ3) is 4.78. The van der Waals surface area contributed by atoms with Crippen molar-refractivity contribution in [2.45, 2.75) is 39.3 Å². The van der Waals surface area contributed by atoms with Gasteiger partial charge in [-0.05, 0) is 43.5 Å². The van der Waals surface area contributed by atoms with E-state index in [1.807, 2.05) is 20.0 Å². The van der Waals surface area contributed by atoms with Crippen LogP contribution in [-0.2, 0) is 11.3 Å². The number of carbonyl (C=O) groups excluding carboxylic acids is 1. The zero-order valence-corrected chi connectivity index (χ0v) is 12.8. The van der Waals surface area contributed by atoms with Crippen molar-refractivity contribution in [2.75, 3.05) is 7.05 Å². The molecule has 0 aliphatic carbocycles. The Morgan fingerprint density at radius 1 is 1.50 bits per heavy atom. The van der Waals surface area contributed by atoms with Crippen LogP contribution in [0.5, 0.6) is 0 Å². The lowest BCUT2D eigenvalue weighted by atomic mass is 10.1. The van der Waals surface area contributed by atoms with Gasteiger partial charge < -0.3 is 10.6 Å². The summed E-state index contributed by atoms with van der Waals surface area (Å²) in [7, 11) is 1.84. The van der Waals surface area contributed by atoms with Gasteiger partial charge in [0.25, 0.3) is 0 Å². The van der Waals surface area contributed by atoms with Crippen molar-refractivity contribution in [1.82, 2.24) is 4.90 Å². The molecule has 1 aromatic rings. The summed E-state index contributed by atoms with van der Waals surface area (Å²) in [5.41, 5.74) is 8.03. The van der Waals surface area contributed by atoms with Gasteiger partial charge in [0, 0.05) is 30.5 Å². The maximum Gasteiger partial charge on any atom is 0.222 e. The molecule has 3 nitrogen and oxygen atoms in total. The largest absolute Gasteiger partial charge is 0.341 e. The molecule has 0 aliphatic heterocycles. The number of halogens is 1. The minimum absolute atomic E-state index is 0.0787. The molecule has 0 saturated carbocycles. The van der Waals surface area contributed by atoms with Gasteiger partial charge in [-0.15, -0.1) is 0 Å². The van der Waals surface area contributed by atoms with Crippen LogP contribution in [0.2, 0.25) is 0 Å². The second-order valence-electron chi connectivity index (χ2n) is 4.84. The van der Waals surface area contributed by atoms with Crippen LogP contribution < -0.4 is 5.73 Å². The Labute approximate surface area is 117 Å². The lowest BCUT2D eigenvalue weighted by molar-refractivity contribution is -0.130. The molecule has 18 heavy (non-hydrogen) atoms. The highest BCUT2D eigenvalue weighted by Crippen LogP contribution is 2.17. The van der Waals surface area contributed by atoms with Crippen LogP contribution in [0.4, 0.5) is 0 Å². The van der Waals surface area contributed by atoms with Gasteiger partial charge in [0.1, 0.15) is 0 Å². The highest BCUT2D eigenvalue weighted by Gasteiger charge is 2.11. The number of hydrogen-bond acceptors (Lipinski definition) is 2. The van der Waals surface area contributed by atoms with Gasteiger partial charge in [-0.1, -0.05) is 22.0 Å². The van der Waals surface area contributed by atoms with Crippen molar-refractivity contribution in [2.24, 2.45) is 5.73 Å². The summed E-state index contributed by atoms with van der Waals surface area (Å²) in [5.74, 6) is 0.145. The molecular formula is C14H21BrN2O. The average Bonchev–Trinajstić information content (AvgIpc) is 2.30. The molecule has 1 aromatic carbocycles. The fourth-order valence-corrected chi connectivity index (χ4v) is 2.10. The van der Waals surface area contributed by atoms with E-state index in [1.54, 1.807) is 4.90 Å². The van der Waals surface area contributed by atoms with Crippen LogP contribution in [0.3, 0.4) is 0 Å². The maximum absolute atomic E-state index is 11.9. The van der Waals surface area contributed by atoms with Gasteiger partial charge in [0.2, 0.25) is 5.91 Å². The topological polar surface area (TPSA) is 46.3 Å². The van der Waals surface area contributed by atoms with E-state index < -0.39 is 0 Å². The van der Waals surface area contributed by atoms with E-state index in [0.29, 0.717) is 13.0 Å². The molecule has 0 aliphatic rings. The fourth-order valence-electron chi connectivity index (χ4n) is 1.70. The first-order valence-corrected chi connectivity index (χ1v) is 6.94. The van der Waals surface area contributed by atoms with Crippen LogP contribution in [0, 0.1) is 6.92 Å². The monoisotopic (exact) mass is 312 g/mol. The predicted octanol–water partition coefficient (Wildman–Crippen LogP) is 2.84. The van der Waals surface area contributed by atoms with Gasteiger partial charge in [-0.3, -0.25) is 4.79 Å². The number of amides is 1. The highest BCUT2D eigenvalue weighted by atomic mass is 79.9. The Bertz CT molecular complexity index is 418. The summed E-state index contributed by atoms with van der Waals surface area (Å²) in [6.45, 7) is 4.62. The summed E-state index contributed by atoms with van der Waals surface area (Å²) in [6.07, 6.45) is 1.25. The molecule has 0 bridgehead atoms. The third-order valence-corrected chi connectivity index (χ3v) is 3.45. The number of hydrogen-bond donors (Lipinski definition) is 1. The molecule has 0 saturated heterocycles. The van der Waals surface area contributed by atoms with Crippen molar-refractivity contribution < 1.29 is 4.79 Å². The number of carbonyl (C=O) groups is 1. The molecule has 2 N–H and O–H groups in total. The smallest absolute Gasteiger partial charge is 0.222 e. The first-order chi connectivity index (χ1) is 8.40. The SMILES string of the molecule is Cc1ccc(Br)cc1CN(C)C(=O)CCC(C)N. The Kier molecular flexibility index (Phi) is 5.82. The van der Waals surface area contributed by atoms with Crippen molar-refractivity contribution in [3.8, 4) is 0 Å². The Morgan fingerprint density at radius 2 is 2.17 bits per heavy atom. The van der Waals surface area contributed by atoms with Crippen molar-refractivity contribution in [1.29, 1.82) is 0 Å². The minimum atomic E-state index is 0.0787. The summed E-state index contributed by atoms with van der Waals surface area (Å²) in [6, 6.07) is 6.20. The van der Waals surface area contributed by atoms with E-state index in [2.05, 4.69) is 35.0 Å². The minimum Gasteiger partial charge on any atom is -0.341 e. The van der Waals surface area contributed by atoms with E-state index in [9.17, 15) is 4.79 Å². The summed E-state index contributed by atoms with van der Waals surface area (Å²) >= 11 is 3.45.